The van der Waals surface area contributed by atoms with E-state index >= 15 is 0 Å². The van der Waals surface area contributed by atoms with Gasteiger partial charge in [0.15, 0.2) is 0 Å². The van der Waals surface area contributed by atoms with Gasteiger partial charge in [-0.1, -0.05) is 0 Å². The second-order valence-corrected chi connectivity index (χ2v) is 11.7. The van der Waals surface area contributed by atoms with Crippen molar-refractivity contribution in [2.75, 3.05) is 0 Å². The van der Waals surface area contributed by atoms with Gasteiger partial charge < -0.3 is 12.4 Å². The Morgan fingerprint density at radius 3 is 1.83 bits per heavy atom. The molecule has 0 heterocycles. The number of fused-ring (bicyclic) bond motifs is 1. The summed E-state index contributed by atoms with van der Waals surface area (Å²) in [7, 11) is 0. The quantitative estimate of drug-likeness (QED) is 0.545. The average molecular weight is 535 g/mol. The molecule has 0 saturated carbocycles. The summed E-state index contributed by atoms with van der Waals surface area (Å²) in [6.07, 6.45) is 8.27. The molecule has 5 rings (SSSR count). The van der Waals surface area contributed by atoms with Crippen molar-refractivity contribution in [2.24, 2.45) is 0 Å². The Bertz CT molecular complexity index is 1120. The van der Waals surface area contributed by atoms with E-state index in [0.717, 1.165) is 38.5 Å². The van der Waals surface area contributed by atoms with Gasteiger partial charge in [-0.25, -0.2) is 0 Å². The number of hydrogen-bond acceptors (Lipinski definition) is 4. The van der Waals surface area contributed by atoms with Crippen molar-refractivity contribution in [2.45, 2.75) is 55.6 Å². The van der Waals surface area contributed by atoms with E-state index in [-0.39, 0.29) is 27.8 Å². The predicted molar refractivity (Wildman–Crippen MR) is 118 cm³/mol. The molecule has 2 aromatic rings. The maximum Gasteiger partial charge on any atom is -1.00 e. The normalized spacial score (nSPS) is 18.9. The SMILES string of the molecule is O=C([O][Ti+]([O]C(=O)c1ccc(F)cc1)[CH]1CCCC2=C1CC1=C2CCCC1)c1ccc(F)cc1.[Cl-]. The van der Waals surface area contributed by atoms with E-state index in [9.17, 15) is 18.4 Å². The van der Waals surface area contributed by atoms with Crippen LogP contribution in [0.2, 0.25) is 4.22 Å². The first-order chi connectivity index (χ1) is 16.5. The van der Waals surface area contributed by atoms with Gasteiger partial charge in [-0.15, -0.1) is 0 Å². The second-order valence-electron chi connectivity index (χ2n) is 9.03. The van der Waals surface area contributed by atoms with Crippen LogP contribution in [0.25, 0.3) is 0 Å². The number of benzene rings is 2. The van der Waals surface area contributed by atoms with Gasteiger partial charge >= 0.3 is 205 Å². The van der Waals surface area contributed by atoms with E-state index in [4.69, 9.17) is 6.64 Å². The van der Waals surface area contributed by atoms with Gasteiger partial charge in [0, 0.05) is 0 Å². The maximum absolute atomic E-state index is 13.3. The van der Waals surface area contributed by atoms with Crippen LogP contribution < -0.4 is 12.4 Å². The Morgan fingerprint density at radius 2 is 1.26 bits per heavy atom. The minimum absolute atomic E-state index is 0. The van der Waals surface area contributed by atoms with Crippen LogP contribution >= 0.6 is 0 Å². The Balaban J connectivity index is 0.00000289. The van der Waals surface area contributed by atoms with Gasteiger partial charge in [0.1, 0.15) is 0 Å². The van der Waals surface area contributed by atoms with Crippen molar-refractivity contribution >= 4 is 11.9 Å². The van der Waals surface area contributed by atoms with Crippen molar-refractivity contribution < 1.29 is 56.1 Å². The molecular weight excluding hydrogens is 510 g/mol. The zero-order valence-corrected chi connectivity index (χ0v) is 21.4. The Labute approximate surface area is 216 Å². The monoisotopic (exact) mass is 534 g/mol. The zero-order chi connectivity index (χ0) is 23.7. The molecule has 1 atom stereocenters. The minimum atomic E-state index is -3.25. The molecule has 0 N–H and O–H groups in total. The third kappa shape index (κ3) is 5.60. The van der Waals surface area contributed by atoms with Crippen LogP contribution in [0, 0.1) is 11.6 Å². The van der Waals surface area contributed by atoms with Gasteiger partial charge in [-0.05, 0) is 0 Å². The summed E-state index contributed by atoms with van der Waals surface area (Å²) in [6.45, 7) is 0. The Kier molecular flexibility index (Phi) is 8.25. The number of carbonyl (C=O) groups is 2. The number of allylic oxidation sites excluding steroid dienone is 4. The largest absolute Gasteiger partial charge is 1.00 e. The number of rotatable bonds is 5. The number of hydrogen-bond donors (Lipinski definition) is 0. The van der Waals surface area contributed by atoms with Crippen molar-refractivity contribution in [3.05, 3.63) is 93.6 Å². The van der Waals surface area contributed by atoms with Gasteiger partial charge in [0.25, 0.3) is 0 Å². The van der Waals surface area contributed by atoms with E-state index in [1.807, 2.05) is 0 Å². The summed E-state index contributed by atoms with van der Waals surface area (Å²) in [5, 5.41) is 0. The van der Waals surface area contributed by atoms with E-state index < -0.39 is 42.2 Å². The van der Waals surface area contributed by atoms with Crippen LogP contribution in [0.4, 0.5) is 8.78 Å². The fraction of sp³-hybridized carbons (Fsp3) is 0.333. The molecule has 35 heavy (non-hydrogen) atoms. The topological polar surface area (TPSA) is 52.6 Å². The van der Waals surface area contributed by atoms with Crippen LogP contribution in [-0.2, 0) is 25.3 Å². The molecule has 0 fully saturated rings. The van der Waals surface area contributed by atoms with E-state index in [2.05, 4.69) is 0 Å². The predicted octanol–water partition coefficient (Wildman–Crippen LogP) is 3.97. The molecule has 3 aliphatic rings. The fourth-order valence-electron chi connectivity index (χ4n) is 5.26. The first kappa shape index (κ1) is 25.8. The van der Waals surface area contributed by atoms with Crippen LogP contribution in [0.1, 0.15) is 72.1 Å². The van der Waals surface area contributed by atoms with E-state index in [1.54, 1.807) is 0 Å². The van der Waals surface area contributed by atoms with Crippen LogP contribution in [0.3, 0.4) is 0 Å². The fourth-order valence-corrected chi connectivity index (χ4v) is 8.27. The van der Waals surface area contributed by atoms with Crippen molar-refractivity contribution in [3.63, 3.8) is 0 Å². The summed E-state index contributed by atoms with van der Waals surface area (Å²) in [5.74, 6) is -2.10. The third-order valence-corrected chi connectivity index (χ3v) is 10.00. The molecule has 3 aliphatic carbocycles. The number of carbonyl (C=O) groups excluding carboxylic acids is 2. The van der Waals surface area contributed by atoms with Crippen LogP contribution in [0.15, 0.2) is 70.8 Å². The molecule has 0 bridgehead atoms. The van der Waals surface area contributed by atoms with E-state index in [1.165, 1.54) is 83.7 Å². The Hall–Kier alpha value is -2.28. The van der Waals surface area contributed by atoms with Crippen LogP contribution in [-0.4, -0.2) is 11.9 Å². The van der Waals surface area contributed by atoms with Gasteiger partial charge in [-0.2, -0.15) is 0 Å². The van der Waals surface area contributed by atoms with Crippen molar-refractivity contribution in [1.29, 1.82) is 0 Å². The van der Waals surface area contributed by atoms with Gasteiger partial charge in [-0.3, -0.25) is 0 Å². The van der Waals surface area contributed by atoms with Crippen molar-refractivity contribution in [1.82, 2.24) is 0 Å². The molecule has 2 aromatic carbocycles. The minimum Gasteiger partial charge on any atom is -1.00 e. The standard InChI is InChI=1S/C13H17.2C7H5FO2.ClH.Ti/c1-3-7-12-10(5-1)9-11-6-2-4-8-13(11)12;2*8-6-3-1-5(2-4-6)7(9)10;;/h5H,1-4,6-9H2;2*1-4H,(H,9,10);1H;/q;;;;+3/p-3. The molecule has 1 unspecified atom stereocenters. The summed E-state index contributed by atoms with van der Waals surface area (Å²) in [5.41, 5.74) is 6.10. The zero-order valence-electron chi connectivity index (χ0n) is 19.1. The molecular formula is C27H25ClF2O4Ti. The summed E-state index contributed by atoms with van der Waals surface area (Å²) < 4.78 is 38.4. The molecule has 0 aromatic heterocycles. The number of halogens is 3. The molecule has 182 valence electrons. The third-order valence-electron chi connectivity index (χ3n) is 6.91. The first-order valence-corrected chi connectivity index (χ1v) is 13.9. The smallest absolute Gasteiger partial charge is 1.00 e. The van der Waals surface area contributed by atoms with Gasteiger partial charge in [0.05, 0.1) is 0 Å². The average Bonchev–Trinajstić information content (AvgIpc) is 3.23. The molecule has 0 saturated heterocycles. The molecule has 0 aliphatic heterocycles. The summed E-state index contributed by atoms with van der Waals surface area (Å²) in [6, 6.07) is 10.3. The van der Waals surface area contributed by atoms with Crippen LogP contribution in [0.5, 0.6) is 0 Å². The summed E-state index contributed by atoms with van der Waals surface area (Å²) >= 11 is -3.25. The molecule has 8 heteroatoms. The van der Waals surface area contributed by atoms with Gasteiger partial charge in [0.2, 0.25) is 0 Å². The second kappa shape index (κ2) is 11.2. The molecule has 0 radical (unpaired) electrons. The Morgan fingerprint density at radius 1 is 0.743 bits per heavy atom. The first-order valence-electron chi connectivity index (χ1n) is 11.7. The van der Waals surface area contributed by atoms with E-state index in [0.29, 0.717) is 0 Å². The maximum atomic E-state index is 13.3. The summed E-state index contributed by atoms with van der Waals surface area (Å²) in [4.78, 5) is 25.9. The van der Waals surface area contributed by atoms with Crippen molar-refractivity contribution in [3.8, 4) is 0 Å². The molecule has 4 nitrogen and oxygen atoms in total. The molecule has 0 spiro atoms. The molecule has 0 amide bonds.